The summed E-state index contributed by atoms with van der Waals surface area (Å²) >= 11 is 0. The number of benzene rings is 2. The Morgan fingerprint density at radius 2 is 1.89 bits per heavy atom. The molecule has 1 atom stereocenters. The Balaban J connectivity index is 1.75. The number of rotatable bonds is 9. The van der Waals surface area contributed by atoms with Crippen LogP contribution in [0, 0.1) is 17.6 Å². The highest BCUT2D eigenvalue weighted by molar-refractivity contribution is 5.67. The third-order valence-electron chi connectivity index (χ3n) is 4.95. The van der Waals surface area contributed by atoms with Crippen molar-refractivity contribution in [2.45, 2.75) is 44.9 Å². The zero-order valence-corrected chi connectivity index (χ0v) is 15.4. The van der Waals surface area contributed by atoms with Crippen LogP contribution in [0.1, 0.15) is 50.5 Å². The molecule has 1 aliphatic carbocycles. The first-order chi connectivity index (χ1) is 12.9. The van der Waals surface area contributed by atoms with Crippen molar-refractivity contribution in [2.24, 2.45) is 5.92 Å². The van der Waals surface area contributed by atoms with Crippen LogP contribution in [0.15, 0.2) is 36.4 Å². The number of carbonyl (C=O) groups is 1. The topological polar surface area (TPSA) is 46.5 Å². The maximum absolute atomic E-state index is 14.6. The molecule has 3 nitrogen and oxygen atoms in total. The molecular weight excluding hydrogens is 350 g/mol. The maximum atomic E-state index is 14.6. The average molecular weight is 374 g/mol. The van der Waals surface area contributed by atoms with Crippen molar-refractivity contribution in [3.63, 3.8) is 0 Å². The van der Waals surface area contributed by atoms with E-state index < -0.39 is 17.6 Å². The zero-order chi connectivity index (χ0) is 19.4. The Morgan fingerprint density at radius 1 is 1.19 bits per heavy atom. The molecule has 2 aromatic rings. The van der Waals surface area contributed by atoms with Gasteiger partial charge in [-0.1, -0.05) is 19.1 Å². The summed E-state index contributed by atoms with van der Waals surface area (Å²) in [6.45, 7) is 2.40. The van der Waals surface area contributed by atoms with Crippen molar-refractivity contribution in [1.29, 1.82) is 0 Å². The quantitative estimate of drug-likeness (QED) is 0.605. The molecule has 1 fully saturated rings. The molecule has 5 heteroatoms. The van der Waals surface area contributed by atoms with E-state index in [4.69, 9.17) is 9.84 Å². The molecule has 0 aliphatic heterocycles. The third-order valence-corrected chi connectivity index (χ3v) is 4.95. The van der Waals surface area contributed by atoms with E-state index in [0.717, 1.165) is 0 Å². The average Bonchev–Trinajstić information content (AvgIpc) is 3.43. The molecule has 0 aromatic heterocycles. The van der Waals surface area contributed by atoms with Gasteiger partial charge in [0.25, 0.3) is 0 Å². The van der Waals surface area contributed by atoms with Crippen molar-refractivity contribution in [2.75, 3.05) is 6.61 Å². The van der Waals surface area contributed by atoms with Crippen molar-refractivity contribution >= 4 is 5.97 Å². The molecule has 144 valence electrons. The minimum Gasteiger partial charge on any atom is -0.493 e. The first-order valence-corrected chi connectivity index (χ1v) is 9.38. The molecule has 2 aromatic carbocycles. The number of hydrogen-bond donors (Lipinski definition) is 1. The molecule has 0 heterocycles. The summed E-state index contributed by atoms with van der Waals surface area (Å²) in [7, 11) is 0. The summed E-state index contributed by atoms with van der Waals surface area (Å²) in [5.41, 5.74) is 1.18. The minimum absolute atomic E-state index is 0.000684. The minimum atomic E-state index is -0.901. The Hall–Kier alpha value is -2.43. The van der Waals surface area contributed by atoms with Crippen LogP contribution in [0.5, 0.6) is 5.75 Å². The van der Waals surface area contributed by atoms with Gasteiger partial charge in [0.05, 0.1) is 6.61 Å². The fourth-order valence-electron chi connectivity index (χ4n) is 3.19. The lowest BCUT2D eigenvalue weighted by Gasteiger charge is -2.15. The summed E-state index contributed by atoms with van der Waals surface area (Å²) in [5.74, 6) is -1.15. The zero-order valence-electron chi connectivity index (χ0n) is 15.4. The SMILES string of the molecule is CC(CCCC(=O)O)c1c(F)cc(-c2cccc(OCC3CC3)c2)cc1F. The molecule has 0 spiro atoms. The molecule has 0 radical (unpaired) electrons. The van der Waals surface area contributed by atoms with Crippen molar-refractivity contribution in [1.82, 2.24) is 0 Å². The predicted molar refractivity (Wildman–Crippen MR) is 99.9 cm³/mol. The summed E-state index contributed by atoms with van der Waals surface area (Å²) < 4.78 is 35.0. The largest absolute Gasteiger partial charge is 0.493 e. The summed E-state index contributed by atoms with van der Waals surface area (Å²) in [5, 5.41) is 8.70. The predicted octanol–water partition coefficient (Wildman–Crippen LogP) is 5.78. The molecule has 1 N–H and O–H groups in total. The lowest BCUT2D eigenvalue weighted by atomic mass is 9.92. The number of hydrogen-bond acceptors (Lipinski definition) is 2. The smallest absolute Gasteiger partial charge is 0.303 e. The van der Waals surface area contributed by atoms with Crippen LogP contribution in [0.3, 0.4) is 0 Å². The van der Waals surface area contributed by atoms with E-state index in [9.17, 15) is 13.6 Å². The second-order valence-electron chi connectivity index (χ2n) is 7.32. The van der Waals surface area contributed by atoms with Gasteiger partial charge in [-0.25, -0.2) is 8.78 Å². The Bertz CT molecular complexity index is 792. The van der Waals surface area contributed by atoms with E-state index in [2.05, 4.69) is 0 Å². The summed E-state index contributed by atoms with van der Waals surface area (Å²) in [6, 6.07) is 9.94. The standard InChI is InChI=1S/C22H24F2O3/c1-14(4-2-7-21(25)26)22-19(23)11-17(12-20(22)24)16-5-3-6-18(10-16)27-13-15-8-9-15/h3,5-6,10-12,14-15H,2,4,7-9,13H2,1H3,(H,25,26). The van der Waals surface area contributed by atoms with Gasteiger partial charge < -0.3 is 9.84 Å². The molecular formula is C22H24F2O3. The number of carboxylic acid groups (broad SMARTS) is 1. The number of halogens is 2. The second kappa shape index (κ2) is 8.51. The highest BCUT2D eigenvalue weighted by atomic mass is 19.1. The Kier molecular flexibility index (Phi) is 6.09. The van der Waals surface area contributed by atoms with Crippen LogP contribution >= 0.6 is 0 Å². The number of ether oxygens (including phenoxy) is 1. The lowest BCUT2D eigenvalue weighted by molar-refractivity contribution is -0.137. The molecule has 27 heavy (non-hydrogen) atoms. The van der Waals surface area contributed by atoms with Gasteiger partial charge in [0.15, 0.2) is 0 Å². The third kappa shape index (κ3) is 5.28. The van der Waals surface area contributed by atoms with Gasteiger partial charge in [-0.3, -0.25) is 4.79 Å². The summed E-state index contributed by atoms with van der Waals surface area (Å²) in [6.07, 6.45) is 3.20. The van der Waals surface area contributed by atoms with Gasteiger partial charge >= 0.3 is 5.97 Å². The number of aliphatic carboxylic acids is 1. The Morgan fingerprint density at radius 3 is 2.52 bits per heavy atom. The van der Waals surface area contributed by atoms with E-state index in [1.54, 1.807) is 19.1 Å². The van der Waals surface area contributed by atoms with Crippen LogP contribution in [-0.2, 0) is 4.79 Å². The molecule has 1 aliphatic rings. The van der Waals surface area contributed by atoms with E-state index in [1.165, 1.54) is 25.0 Å². The van der Waals surface area contributed by atoms with Crippen molar-refractivity contribution < 1.29 is 23.4 Å². The highest BCUT2D eigenvalue weighted by Crippen LogP contribution is 2.33. The van der Waals surface area contributed by atoms with Crippen LogP contribution in [0.4, 0.5) is 8.78 Å². The highest BCUT2D eigenvalue weighted by Gasteiger charge is 2.22. The molecule has 1 saturated carbocycles. The van der Waals surface area contributed by atoms with Gasteiger partial charge in [0.1, 0.15) is 17.4 Å². The molecule has 0 saturated heterocycles. The van der Waals surface area contributed by atoms with E-state index in [-0.39, 0.29) is 17.9 Å². The molecule has 0 bridgehead atoms. The van der Waals surface area contributed by atoms with Gasteiger partial charge in [-0.05, 0) is 72.9 Å². The maximum Gasteiger partial charge on any atom is 0.303 e. The van der Waals surface area contributed by atoms with Crippen LogP contribution in [-0.4, -0.2) is 17.7 Å². The molecule has 0 amide bonds. The fourth-order valence-corrected chi connectivity index (χ4v) is 3.19. The van der Waals surface area contributed by atoms with E-state index in [1.807, 2.05) is 12.1 Å². The Labute approximate surface area is 158 Å². The van der Waals surface area contributed by atoms with Gasteiger partial charge in [0.2, 0.25) is 0 Å². The lowest BCUT2D eigenvalue weighted by Crippen LogP contribution is -2.04. The van der Waals surface area contributed by atoms with Crippen molar-refractivity contribution in [3.8, 4) is 16.9 Å². The number of carboxylic acids is 1. The fraction of sp³-hybridized carbons (Fsp3) is 0.409. The normalized spacial score (nSPS) is 14.8. The second-order valence-corrected chi connectivity index (χ2v) is 7.32. The molecule has 3 rings (SSSR count). The van der Waals surface area contributed by atoms with Crippen molar-refractivity contribution in [3.05, 3.63) is 53.6 Å². The summed E-state index contributed by atoms with van der Waals surface area (Å²) in [4.78, 5) is 10.6. The van der Waals surface area contributed by atoms with Gasteiger partial charge in [-0.2, -0.15) is 0 Å². The van der Waals surface area contributed by atoms with E-state index in [0.29, 0.717) is 42.2 Å². The van der Waals surface area contributed by atoms with Crippen LogP contribution in [0.2, 0.25) is 0 Å². The first-order valence-electron chi connectivity index (χ1n) is 9.38. The van der Waals surface area contributed by atoms with Gasteiger partial charge in [-0.15, -0.1) is 0 Å². The molecule has 1 unspecified atom stereocenters. The monoisotopic (exact) mass is 374 g/mol. The van der Waals surface area contributed by atoms with Gasteiger partial charge in [0, 0.05) is 12.0 Å². The van der Waals surface area contributed by atoms with Crippen LogP contribution in [0.25, 0.3) is 11.1 Å². The van der Waals surface area contributed by atoms with E-state index >= 15 is 0 Å². The first kappa shape index (κ1) is 19.3. The van der Waals surface area contributed by atoms with Crippen LogP contribution < -0.4 is 4.74 Å².